The first-order chi connectivity index (χ1) is 10.5. The summed E-state index contributed by atoms with van der Waals surface area (Å²) >= 11 is 6.26. The predicted octanol–water partition coefficient (Wildman–Crippen LogP) is 3.59. The molecule has 0 atom stereocenters. The number of aromatic carboxylic acids is 1. The fourth-order valence-corrected chi connectivity index (χ4v) is 2.72. The molecule has 0 radical (unpaired) electrons. The zero-order chi connectivity index (χ0) is 15.9. The van der Waals surface area contributed by atoms with Crippen molar-refractivity contribution in [1.82, 2.24) is 5.16 Å². The Hall–Kier alpha value is -2.21. The van der Waals surface area contributed by atoms with Gasteiger partial charge in [0.2, 0.25) is 0 Å². The molecule has 3 rings (SSSR count). The Kier molecular flexibility index (Phi) is 3.70. The summed E-state index contributed by atoms with van der Waals surface area (Å²) in [6.45, 7) is 4.87. The van der Waals surface area contributed by atoms with Crippen LogP contribution in [0.5, 0.6) is 11.5 Å². The molecule has 6 nitrogen and oxygen atoms in total. The molecule has 2 heterocycles. The molecule has 2 aromatic rings. The first kappa shape index (κ1) is 14.7. The highest BCUT2D eigenvalue weighted by molar-refractivity contribution is 6.32. The number of carbonyl (C=O) groups is 1. The number of fused-ring (bicyclic) bond motifs is 1. The van der Waals surface area contributed by atoms with E-state index < -0.39 is 5.97 Å². The van der Waals surface area contributed by atoms with E-state index in [1.165, 1.54) is 6.07 Å². The molecule has 1 aliphatic heterocycles. The quantitative estimate of drug-likeness (QED) is 0.929. The Bertz CT molecular complexity index is 738. The van der Waals surface area contributed by atoms with Crippen molar-refractivity contribution in [2.75, 3.05) is 13.2 Å². The highest BCUT2D eigenvalue weighted by Crippen LogP contribution is 2.48. The lowest BCUT2D eigenvalue weighted by atomic mass is 9.93. The minimum atomic E-state index is -1.15. The van der Waals surface area contributed by atoms with Crippen LogP contribution in [0.2, 0.25) is 5.02 Å². The highest BCUT2D eigenvalue weighted by atomic mass is 35.5. The molecule has 0 unspecified atom stereocenters. The SMILES string of the molecule is CC(C)c1c(-c2cc(C(=O)O)no2)cc(Cl)c2c1OCCO2. The zero-order valence-electron chi connectivity index (χ0n) is 12.1. The Morgan fingerprint density at radius 1 is 1.27 bits per heavy atom. The fourth-order valence-electron chi connectivity index (χ4n) is 2.47. The molecule has 0 saturated heterocycles. The summed E-state index contributed by atoms with van der Waals surface area (Å²) < 4.78 is 16.5. The van der Waals surface area contributed by atoms with Crippen LogP contribution in [0.4, 0.5) is 0 Å². The molecule has 0 aliphatic carbocycles. The molecule has 0 spiro atoms. The number of rotatable bonds is 3. The smallest absolute Gasteiger partial charge is 0.358 e. The second-order valence-electron chi connectivity index (χ2n) is 5.21. The van der Waals surface area contributed by atoms with Crippen molar-refractivity contribution >= 4 is 17.6 Å². The fraction of sp³-hybridized carbons (Fsp3) is 0.333. The van der Waals surface area contributed by atoms with Crippen molar-refractivity contribution in [1.29, 1.82) is 0 Å². The van der Waals surface area contributed by atoms with Gasteiger partial charge >= 0.3 is 5.97 Å². The van der Waals surface area contributed by atoms with E-state index in [0.717, 1.165) is 5.56 Å². The van der Waals surface area contributed by atoms with Crippen LogP contribution in [-0.2, 0) is 0 Å². The molecule has 0 bridgehead atoms. The summed E-state index contributed by atoms with van der Waals surface area (Å²) in [6.07, 6.45) is 0. The zero-order valence-corrected chi connectivity index (χ0v) is 12.8. The lowest BCUT2D eigenvalue weighted by Crippen LogP contribution is -2.17. The van der Waals surface area contributed by atoms with Gasteiger partial charge in [0.25, 0.3) is 0 Å². The molecule has 1 aromatic heterocycles. The van der Waals surface area contributed by atoms with E-state index >= 15 is 0 Å². The molecule has 0 saturated carbocycles. The number of hydrogen-bond donors (Lipinski definition) is 1. The molecule has 7 heteroatoms. The number of ether oxygens (including phenoxy) is 2. The van der Waals surface area contributed by atoms with Crippen LogP contribution in [-0.4, -0.2) is 29.4 Å². The summed E-state index contributed by atoms with van der Waals surface area (Å²) in [6, 6.07) is 3.06. The average molecular weight is 324 g/mol. The Labute approximate surface area is 131 Å². The van der Waals surface area contributed by atoms with E-state index in [1.807, 2.05) is 13.8 Å². The minimum Gasteiger partial charge on any atom is -0.486 e. The predicted molar refractivity (Wildman–Crippen MR) is 79.0 cm³/mol. The number of halogens is 1. The van der Waals surface area contributed by atoms with Gasteiger partial charge < -0.3 is 19.1 Å². The van der Waals surface area contributed by atoms with Crippen molar-refractivity contribution in [2.45, 2.75) is 19.8 Å². The average Bonchev–Trinajstić information content (AvgIpc) is 2.96. The van der Waals surface area contributed by atoms with Gasteiger partial charge in [-0.05, 0) is 12.0 Å². The second kappa shape index (κ2) is 5.53. The van der Waals surface area contributed by atoms with Gasteiger partial charge in [-0.25, -0.2) is 4.79 Å². The van der Waals surface area contributed by atoms with Crippen LogP contribution in [0, 0.1) is 0 Å². The maximum absolute atomic E-state index is 11.0. The number of aromatic nitrogens is 1. The maximum Gasteiger partial charge on any atom is 0.358 e. The number of carboxylic acids is 1. The third-order valence-electron chi connectivity index (χ3n) is 3.38. The summed E-state index contributed by atoms with van der Waals surface area (Å²) in [4.78, 5) is 11.0. The van der Waals surface area contributed by atoms with Crippen molar-refractivity contribution in [3.8, 4) is 22.8 Å². The van der Waals surface area contributed by atoms with Crippen molar-refractivity contribution in [2.24, 2.45) is 0 Å². The van der Waals surface area contributed by atoms with E-state index in [9.17, 15) is 4.79 Å². The van der Waals surface area contributed by atoms with Gasteiger partial charge in [-0.3, -0.25) is 0 Å². The van der Waals surface area contributed by atoms with E-state index in [0.29, 0.717) is 41.1 Å². The summed E-state index contributed by atoms with van der Waals surface area (Å²) in [7, 11) is 0. The van der Waals surface area contributed by atoms with Crippen molar-refractivity contribution < 1.29 is 23.9 Å². The molecule has 1 aliphatic rings. The minimum absolute atomic E-state index is 0.0982. The summed E-state index contributed by atoms with van der Waals surface area (Å²) in [5, 5.41) is 12.9. The lowest BCUT2D eigenvalue weighted by Gasteiger charge is -2.25. The van der Waals surface area contributed by atoms with Crippen LogP contribution in [0.1, 0.15) is 35.8 Å². The van der Waals surface area contributed by atoms with Crippen LogP contribution >= 0.6 is 11.6 Å². The molecule has 0 fully saturated rings. The molecule has 116 valence electrons. The lowest BCUT2D eigenvalue weighted by molar-refractivity contribution is 0.0686. The van der Waals surface area contributed by atoms with Crippen LogP contribution in [0.25, 0.3) is 11.3 Å². The van der Waals surface area contributed by atoms with Crippen LogP contribution < -0.4 is 9.47 Å². The molecule has 1 aromatic carbocycles. The molecular formula is C15H14ClNO5. The standard InChI is InChI=1S/C15H14ClNO5/c1-7(2)12-8(11-6-10(15(18)19)17-22-11)5-9(16)13-14(12)21-4-3-20-13/h5-7H,3-4H2,1-2H3,(H,18,19). The van der Waals surface area contributed by atoms with E-state index in [2.05, 4.69) is 5.16 Å². The molecular weight excluding hydrogens is 310 g/mol. The van der Waals surface area contributed by atoms with Gasteiger partial charge in [0.05, 0.1) is 5.02 Å². The largest absolute Gasteiger partial charge is 0.486 e. The van der Waals surface area contributed by atoms with Gasteiger partial charge in [0.1, 0.15) is 13.2 Å². The first-order valence-corrected chi connectivity index (χ1v) is 7.19. The summed E-state index contributed by atoms with van der Waals surface area (Å²) in [5.41, 5.74) is 1.35. The maximum atomic E-state index is 11.0. The van der Waals surface area contributed by atoms with Crippen molar-refractivity contribution in [3.05, 3.63) is 28.4 Å². The Balaban J connectivity index is 2.21. The number of nitrogens with zero attached hydrogens (tertiary/aromatic N) is 1. The van der Waals surface area contributed by atoms with Gasteiger partial charge in [-0.1, -0.05) is 30.6 Å². The topological polar surface area (TPSA) is 81.8 Å². The number of benzene rings is 1. The number of carboxylic acid groups (broad SMARTS) is 1. The summed E-state index contributed by atoms with van der Waals surface area (Å²) in [5.74, 6) is 0.376. The Morgan fingerprint density at radius 2 is 1.95 bits per heavy atom. The van der Waals surface area contributed by atoms with Crippen LogP contribution in [0.3, 0.4) is 0 Å². The Morgan fingerprint density at radius 3 is 2.55 bits per heavy atom. The second-order valence-corrected chi connectivity index (χ2v) is 5.62. The van der Waals surface area contributed by atoms with Gasteiger partial charge in [0.15, 0.2) is 23.0 Å². The normalized spacial score (nSPS) is 13.5. The third-order valence-corrected chi connectivity index (χ3v) is 3.66. The van der Waals surface area contributed by atoms with Crippen molar-refractivity contribution in [3.63, 3.8) is 0 Å². The first-order valence-electron chi connectivity index (χ1n) is 6.81. The van der Waals surface area contributed by atoms with Gasteiger partial charge in [-0.15, -0.1) is 0 Å². The monoisotopic (exact) mass is 323 g/mol. The molecule has 1 N–H and O–H groups in total. The number of hydrogen-bond acceptors (Lipinski definition) is 5. The van der Waals surface area contributed by atoms with E-state index in [-0.39, 0.29) is 11.6 Å². The van der Waals surface area contributed by atoms with Gasteiger partial charge in [-0.2, -0.15) is 0 Å². The molecule has 0 amide bonds. The van der Waals surface area contributed by atoms with Crippen LogP contribution in [0.15, 0.2) is 16.7 Å². The third kappa shape index (κ3) is 2.39. The molecule has 22 heavy (non-hydrogen) atoms. The van der Waals surface area contributed by atoms with E-state index in [4.69, 9.17) is 30.7 Å². The van der Waals surface area contributed by atoms with Gasteiger partial charge in [0, 0.05) is 17.2 Å². The van der Waals surface area contributed by atoms with E-state index in [1.54, 1.807) is 6.07 Å². The highest BCUT2D eigenvalue weighted by Gasteiger charge is 2.27.